The summed E-state index contributed by atoms with van der Waals surface area (Å²) in [5.74, 6) is -0.647. The van der Waals surface area contributed by atoms with Crippen LogP contribution >= 0.6 is 0 Å². The number of rotatable bonds is 2. The van der Waals surface area contributed by atoms with Crippen LogP contribution in [0.2, 0.25) is 0 Å². The minimum Gasteiger partial charge on any atom is -0.352 e. The summed E-state index contributed by atoms with van der Waals surface area (Å²) in [6, 6.07) is 2.55. The highest BCUT2D eigenvalue weighted by atomic mass is 19.1. The molecule has 0 atom stereocenters. The van der Waals surface area contributed by atoms with E-state index in [1.807, 2.05) is 6.92 Å². The molecule has 1 aliphatic rings. The average molecular weight is 333 g/mol. The first kappa shape index (κ1) is 16.1. The van der Waals surface area contributed by atoms with E-state index >= 15 is 0 Å². The third kappa shape index (κ3) is 3.58. The van der Waals surface area contributed by atoms with Crippen LogP contribution in [-0.4, -0.2) is 47.1 Å². The summed E-state index contributed by atoms with van der Waals surface area (Å²) in [6.07, 6.45) is 3.28. The van der Waals surface area contributed by atoms with Gasteiger partial charge in [0.05, 0.1) is 5.69 Å². The molecule has 2 heterocycles. The zero-order valence-corrected chi connectivity index (χ0v) is 13.2. The largest absolute Gasteiger partial charge is 0.352 e. The van der Waals surface area contributed by atoms with Crippen LogP contribution in [-0.2, 0) is 0 Å². The van der Waals surface area contributed by atoms with Crippen molar-refractivity contribution in [2.45, 2.75) is 6.92 Å². The zero-order chi connectivity index (χ0) is 17.1. The summed E-state index contributed by atoms with van der Waals surface area (Å²) in [7, 11) is 0. The number of hydrogen-bond acceptors (Lipinski definition) is 4. The van der Waals surface area contributed by atoms with Crippen LogP contribution in [0.4, 0.5) is 25.1 Å². The average Bonchev–Trinajstić information content (AvgIpc) is 2.54. The molecule has 2 aromatic rings. The highest BCUT2D eigenvalue weighted by Gasteiger charge is 2.23. The smallest absolute Gasteiger partial charge is 0.321 e. The van der Waals surface area contributed by atoms with Crippen molar-refractivity contribution in [3.8, 4) is 0 Å². The summed E-state index contributed by atoms with van der Waals surface area (Å²) >= 11 is 0. The number of urea groups is 1. The lowest BCUT2D eigenvalue weighted by molar-refractivity contribution is 0.208. The molecule has 1 fully saturated rings. The summed E-state index contributed by atoms with van der Waals surface area (Å²) in [5.41, 5.74) is 0.940. The van der Waals surface area contributed by atoms with Gasteiger partial charge in [-0.25, -0.2) is 18.6 Å². The Labute approximate surface area is 138 Å². The van der Waals surface area contributed by atoms with Gasteiger partial charge in [-0.3, -0.25) is 4.98 Å². The van der Waals surface area contributed by atoms with E-state index in [4.69, 9.17) is 0 Å². The van der Waals surface area contributed by atoms with Crippen LogP contribution < -0.4 is 10.2 Å². The van der Waals surface area contributed by atoms with E-state index in [0.29, 0.717) is 26.2 Å². The Kier molecular flexibility index (Phi) is 4.54. The molecule has 1 aliphatic heterocycles. The molecule has 126 valence electrons. The number of nitrogens with one attached hydrogen (secondary N) is 1. The fourth-order valence-electron chi connectivity index (χ4n) is 2.66. The number of aromatic nitrogens is 2. The molecule has 0 spiro atoms. The van der Waals surface area contributed by atoms with E-state index in [1.165, 1.54) is 0 Å². The molecule has 0 saturated carbocycles. The summed E-state index contributed by atoms with van der Waals surface area (Å²) in [5, 5.41) is 2.52. The Balaban J connectivity index is 1.60. The highest BCUT2D eigenvalue weighted by Crippen LogP contribution is 2.17. The van der Waals surface area contributed by atoms with E-state index in [1.54, 1.807) is 17.3 Å². The van der Waals surface area contributed by atoms with Crippen LogP contribution in [0.25, 0.3) is 0 Å². The normalized spacial score (nSPS) is 14.6. The van der Waals surface area contributed by atoms with Gasteiger partial charge in [0.15, 0.2) is 0 Å². The van der Waals surface area contributed by atoms with Gasteiger partial charge in [0.1, 0.15) is 17.5 Å². The number of nitrogens with zero attached hydrogens (tertiary/aromatic N) is 4. The molecule has 1 saturated heterocycles. The zero-order valence-electron chi connectivity index (χ0n) is 13.2. The van der Waals surface area contributed by atoms with Crippen molar-refractivity contribution in [3.63, 3.8) is 0 Å². The van der Waals surface area contributed by atoms with Crippen molar-refractivity contribution < 1.29 is 13.6 Å². The number of hydrogen-bond donors (Lipinski definition) is 1. The molecule has 24 heavy (non-hydrogen) atoms. The van der Waals surface area contributed by atoms with Crippen molar-refractivity contribution in [1.29, 1.82) is 0 Å². The Morgan fingerprint density at radius 1 is 1.04 bits per heavy atom. The summed E-state index contributed by atoms with van der Waals surface area (Å²) < 4.78 is 26.3. The molecule has 1 aromatic heterocycles. The highest BCUT2D eigenvalue weighted by molar-refractivity contribution is 5.89. The molecule has 0 aliphatic carbocycles. The van der Waals surface area contributed by atoms with Crippen LogP contribution in [0.3, 0.4) is 0 Å². The third-order valence-electron chi connectivity index (χ3n) is 3.84. The van der Waals surface area contributed by atoms with Crippen LogP contribution in [0.15, 0.2) is 30.6 Å². The van der Waals surface area contributed by atoms with Gasteiger partial charge in [0, 0.05) is 50.3 Å². The molecule has 1 N–H and O–H groups in total. The Morgan fingerprint density at radius 2 is 1.67 bits per heavy atom. The molecular weight excluding hydrogens is 316 g/mol. The SMILES string of the molecule is Cc1nccnc1N1CCN(C(=O)Nc2cc(F)cc(F)c2)CC1. The first-order valence-electron chi connectivity index (χ1n) is 7.57. The molecule has 0 bridgehead atoms. The Hall–Kier alpha value is -2.77. The lowest BCUT2D eigenvalue weighted by atomic mass is 10.3. The van der Waals surface area contributed by atoms with Gasteiger partial charge in [-0.05, 0) is 19.1 Å². The topological polar surface area (TPSA) is 61.4 Å². The third-order valence-corrected chi connectivity index (χ3v) is 3.84. The standard InChI is InChI=1S/C16H17F2N5O/c1-11-15(20-3-2-19-11)22-4-6-23(7-5-22)16(24)21-14-9-12(17)8-13(18)10-14/h2-3,8-10H,4-7H2,1H3,(H,21,24). The number of carbonyl (C=O) groups is 1. The number of carbonyl (C=O) groups excluding carboxylic acids is 1. The van der Waals surface area contributed by atoms with E-state index in [2.05, 4.69) is 20.2 Å². The first-order chi connectivity index (χ1) is 11.5. The van der Waals surface area contributed by atoms with Crippen LogP contribution in [0.1, 0.15) is 5.69 Å². The van der Waals surface area contributed by atoms with Crippen molar-refractivity contribution in [2.75, 3.05) is 36.4 Å². The summed E-state index contributed by atoms with van der Waals surface area (Å²) in [4.78, 5) is 24.4. The molecule has 0 unspecified atom stereocenters. The first-order valence-corrected chi connectivity index (χ1v) is 7.57. The second kappa shape index (κ2) is 6.77. The van der Waals surface area contributed by atoms with E-state index < -0.39 is 11.6 Å². The maximum atomic E-state index is 13.2. The number of anilines is 2. The summed E-state index contributed by atoms with van der Waals surface area (Å²) in [6.45, 7) is 4.09. The van der Waals surface area contributed by atoms with Crippen molar-refractivity contribution in [2.24, 2.45) is 0 Å². The predicted molar refractivity (Wildman–Crippen MR) is 85.9 cm³/mol. The maximum Gasteiger partial charge on any atom is 0.321 e. The van der Waals surface area contributed by atoms with E-state index in [9.17, 15) is 13.6 Å². The van der Waals surface area contributed by atoms with Gasteiger partial charge in [0.25, 0.3) is 0 Å². The van der Waals surface area contributed by atoms with Crippen molar-refractivity contribution in [1.82, 2.24) is 14.9 Å². The van der Waals surface area contributed by atoms with Crippen LogP contribution in [0, 0.1) is 18.6 Å². The van der Waals surface area contributed by atoms with Crippen molar-refractivity contribution in [3.05, 3.63) is 47.9 Å². The van der Waals surface area contributed by atoms with Crippen molar-refractivity contribution >= 4 is 17.5 Å². The lowest BCUT2D eigenvalue weighted by Gasteiger charge is -2.35. The van der Waals surface area contributed by atoms with Gasteiger partial charge in [-0.15, -0.1) is 0 Å². The van der Waals surface area contributed by atoms with E-state index in [0.717, 1.165) is 29.7 Å². The van der Waals surface area contributed by atoms with Gasteiger partial charge >= 0.3 is 6.03 Å². The lowest BCUT2D eigenvalue weighted by Crippen LogP contribution is -2.50. The Morgan fingerprint density at radius 3 is 2.29 bits per heavy atom. The minimum absolute atomic E-state index is 0.102. The quantitative estimate of drug-likeness (QED) is 0.917. The van der Waals surface area contributed by atoms with Gasteiger partial charge < -0.3 is 15.1 Å². The number of aryl methyl sites for hydroxylation is 1. The molecular formula is C16H17F2N5O. The maximum absolute atomic E-state index is 13.2. The number of benzene rings is 1. The molecule has 2 amide bonds. The number of amides is 2. The second-order valence-electron chi connectivity index (χ2n) is 5.53. The second-order valence-corrected chi connectivity index (χ2v) is 5.53. The minimum atomic E-state index is -0.728. The van der Waals surface area contributed by atoms with Gasteiger partial charge in [-0.2, -0.15) is 0 Å². The fraction of sp³-hybridized carbons (Fsp3) is 0.312. The number of piperazine rings is 1. The predicted octanol–water partition coefficient (Wildman–Crippen LogP) is 2.42. The molecule has 1 aromatic carbocycles. The van der Waals surface area contributed by atoms with Gasteiger partial charge in [-0.1, -0.05) is 0 Å². The molecule has 3 rings (SSSR count). The molecule has 8 heteroatoms. The Bertz CT molecular complexity index is 727. The molecule has 6 nitrogen and oxygen atoms in total. The van der Waals surface area contributed by atoms with Crippen LogP contribution in [0.5, 0.6) is 0 Å². The number of halogens is 2. The molecule has 0 radical (unpaired) electrons. The fourth-order valence-corrected chi connectivity index (χ4v) is 2.66. The van der Waals surface area contributed by atoms with Gasteiger partial charge in [0.2, 0.25) is 0 Å². The monoisotopic (exact) mass is 333 g/mol. The van der Waals surface area contributed by atoms with E-state index in [-0.39, 0.29) is 11.7 Å².